The molecule has 0 aliphatic carbocycles. The summed E-state index contributed by atoms with van der Waals surface area (Å²) in [4.78, 5) is 0. The zero-order valence-corrected chi connectivity index (χ0v) is 11.0. The van der Waals surface area contributed by atoms with Gasteiger partial charge in [-0.2, -0.15) is 5.10 Å². The molecule has 0 bridgehead atoms. The first-order valence-electron chi connectivity index (χ1n) is 5.55. The van der Waals surface area contributed by atoms with E-state index in [-0.39, 0.29) is 6.04 Å². The smallest absolute Gasteiger partial charge is 0.0842 e. The first-order chi connectivity index (χ1) is 8.11. The fraction of sp³-hybridized carbons (Fsp3) is 0.308. The maximum absolute atomic E-state index is 6.02. The van der Waals surface area contributed by atoms with Gasteiger partial charge in [-0.25, -0.2) is 0 Å². The highest BCUT2D eigenvalue weighted by Gasteiger charge is 2.15. The highest BCUT2D eigenvalue weighted by Crippen LogP contribution is 2.23. The van der Waals surface area contributed by atoms with E-state index in [0.717, 1.165) is 22.0 Å². The van der Waals surface area contributed by atoms with Gasteiger partial charge in [0.05, 0.1) is 11.7 Å². The lowest BCUT2D eigenvalue weighted by molar-refractivity contribution is 0.638. The summed E-state index contributed by atoms with van der Waals surface area (Å²) in [5, 5.41) is 8.51. The fourth-order valence-electron chi connectivity index (χ4n) is 1.90. The number of nitrogens with zero attached hydrogens (tertiary/aromatic N) is 2. The van der Waals surface area contributed by atoms with Crippen molar-refractivity contribution < 1.29 is 0 Å². The van der Waals surface area contributed by atoms with Crippen LogP contribution in [0.3, 0.4) is 0 Å². The minimum atomic E-state index is 0.0774. The van der Waals surface area contributed by atoms with Crippen molar-refractivity contribution in [3.63, 3.8) is 0 Å². The van der Waals surface area contributed by atoms with E-state index < -0.39 is 0 Å². The van der Waals surface area contributed by atoms with Gasteiger partial charge in [-0.15, -0.1) is 0 Å². The van der Waals surface area contributed by atoms with Crippen LogP contribution in [-0.4, -0.2) is 16.8 Å². The van der Waals surface area contributed by atoms with Crippen LogP contribution in [-0.2, 0) is 7.05 Å². The molecule has 0 fully saturated rings. The van der Waals surface area contributed by atoms with E-state index in [1.165, 1.54) is 0 Å². The molecule has 1 N–H and O–H groups in total. The topological polar surface area (TPSA) is 29.9 Å². The molecule has 0 radical (unpaired) electrons. The SMILES string of the molecule is CNC(c1cccc(Cl)c1)c1cc(C)n(C)n1. The van der Waals surface area contributed by atoms with E-state index in [1.54, 1.807) is 0 Å². The monoisotopic (exact) mass is 249 g/mol. The van der Waals surface area contributed by atoms with Gasteiger partial charge < -0.3 is 5.32 Å². The molecule has 1 atom stereocenters. The van der Waals surface area contributed by atoms with Crippen molar-refractivity contribution in [1.82, 2.24) is 15.1 Å². The minimum Gasteiger partial charge on any atom is -0.308 e. The maximum Gasteiger partial charge on any atom is 0.0842 e. The molecule has 1 unspecified atom stereocenters. The van der Waals surface area contributed by atoms with Crippen LogP contribution in [0, 0.1) is 6.92 Å². The Kier molecular flexibility index (Phi) is 3.50. The third kappa shape index (κ3) is 2.51. The number of rotatable bonds is 3. The summed E-state index contributed by atoms with van der Waals surface area (Å²) in [7, 11) is 3.87. The van der Waals surface area contributed by atoms with Crippen LogP contribution in [0.15, 0.2) is 30.3 Å². The number of aromatic nitrogens is 2. The van der Waals surface area contributed by atoms with Crippen LogP contribution in [0.1, 0.15) is 23.0 Å². The van der Waals surface area contributed by atoms with Crippen molar-refractivity contribution in [1.29, 1.82) is 0 Å². The first-order valence-corrected chi connectivity index (χ1v) is 5.93. The van der Waals surface area contributed by atoms with Crippen LogP contribution < -0.4 is 5.32 Å². The molecule has 0 saturated heterocycles. The van der Waals surface area contributed by atoms with Crippen molar-refractivity contribution in [3.8, 4) is 0 Å². The zero-order chi connectivity index (χ0) is 12.4. The van der Waals surface area contributed by atoms with Crippen molar-refractivity contribution in [2.24, 2.45) is 7.05 Å². The number of hydrogen-bond donors (Lipinski definition) is 1. The van der Waals surface area contributed by atoms with Crippen LogP contribution in [0.2, 0.25) is 5.02 Å². The molecule has 1 aromatic heterocycles. The van der Waals surface area contributed by atoms with Crippen LogP contribution in [0.25, 0.3) is 0 Å². The average molecular weight is 250 g/mol. The predicted octanol–water partition coefficient (Wildman–Crippen LogP) is 2.69. The molecule has 0 spiro atoms. The molecule has 3 nitrogen and oxygen atoms in total. The van der Waals surface area contributed by atoms with Crippen LogP contribution in [0.4, 0.5) is 0 Å². The summed E-state index contributed by atoms with van der Waals surface area (Å²) in [6.07, 6.45) is 0. The second-order valence-corrected chi connectivity index (χ2v) is 4.55. The first kappa shape index (κ1) is 12.1. The molecule has 2 aromatic rings. The second kappa shape index (κ2) is 4.90. The third-order valence-corrected chi connectivity index (χ3v) is 3.13. The van der Waals surface area contributed by atoms with E-state index in [4.69, 9.17) is 11.6 Å². The van der Waals surface area contributed by atoms with Crippen LogP contribution in [0.5, 0.6) is 0 Å². The highest BCUT2D eigenvalue weighted by molar-refractivity contribution is 6.30. The van der Waals surface area contributed by atoms with Gasteiger partial charge in [0.15, 0.2) is 0 Å². The number of benzene rings is 1. The average Bonchev–Trinajstić information content (AvgIpc) is 2.60. The molecule has 90 valence electrons. The molecular formula is C13H16ClN3. The Hall–Kier alpha value is -1.32. The lowest BCUT2D eigenvalue weighted by Crippen LogP contribution is -2.18. The summed E-state index contributed by atoms with van der Waals surface area (Å²) in [5.41, 5.74) is 3.27. The largest absolute Gasteiger partial charge is 0.308 e. The number of aryl methyl sites for hydroxylation is 2. The molecular weight excluding hydrogens is 234 g/mol. The molecule has 1 aromatic carbocycles. The Morgan fingerprint density at radius 1 is 1.35 bits per heavy atom. The van der Waals surface area contributed by atoms with Gasteiger partial charge in [0, 0.05) is 17.8 Å². The van der Waals surface area contributed by atoms with E-state index >= 15 is 0 Å². The Labute approximate surface area is 106 Å². The van der Waals surface area contributed by atoms with Crippen LogP contribution >= 0.6 is 11.6 Å². The van der Waals surface area contributed by atoms with E-state index in [0.29, 0.717) is 0 Å². The third-order valence-electron chi connectivity index (χ3n) is 2.90. The molecule has 0 aliphatic rings. The van der Waals surface area contributed by atoms with E-state index in [9.17, 15) is 0 Å². The summed E-state index contributed by atoms with van der Waals surface area (Å²) in [6, 6.07) is 10.0. The van der Waals surface area contributed by atoms with E-state index in [2.05, 4.69) is 22.5 Å². The number of nitrogens with one attached hydrogen (secondary N) is 1. The predicted molar refractivity (Wildman–Crippen MR) is 70.3 cm³/mol. The summed E-state index contributed by atoms with van der Waals surface area (Å²) in [6.45, 7) is 2.04. The van der Waals surface area contributed by atoms with Crippen molar-refractivity contribution in [3.05, 3.63) is 52.3 Å². The van der Waals surface area contributed by atoms with Crippen molar-refractivity contribution in [2.45, 2.75) is 13.0 Å². The Morgan fingerprint density at radius 2 is 2.12 bits per heavy atom. The Balaban J connectivity index is 2.39. The van der Waals surface area contributed by atoms with Gasteiger partial charge in [0.2, 0.25) is 0 Å². The standard InChI is InChI=1S/C13H16ClN3/c1-9-7-12(16-17(9)3)13(15-2)10-5-4-6-11(14)8-10/h4-8,13,15H,1-3H3. The van der Waals surface area contributed by atoms with E-state index in [1.807, 2.05) is 43.9 Å². The summed E-state index contributed by atoms with van der Waals surface area (Å²) >= 11 is 6.02. The number of hydrogen-bond acceptors (Lipinski definition) is 2. The van der Waals surface area contributed by atoms with Gasteiger partial charge in [-0.1, -0.05) is 23.7 Å². The van der Waals surface area contributed by atoms with Crippen molar-refractivity contribution >= 4 is 11.6 Å². The molecule has 1 heterocycles. The quantitative estimate of drug-likeness (QED) is 0.907. The fourth-order valence-corrected chi connectivity index (χ4v) is 2.10. The molecule has 0 amide bonds. The minimum absolute atomic E-state index is 0.0774. The Bertz CT molecular complexity index is 500. The Morgan fingerprint density at radius 3 is 2.65 bits per heavy atom. The molecule has 17 heavy (non-hydrogen) atoms. The second-order valence-electron chi connectivity index (χ2n) is 4.11. The lowest BCUT2D eigenvalue weighted by Gasteiger charge is -2.14. The molecule has 4 heteroatoms. The van der Waals surface area contributed by atoms with Gasteiger partial charge in [-0.05, 0) is 37.7 Å². The van der Waals surface area contributed by atoms with Crippen molar-refractivity contribution in [2.75, 3.05) is 7.05 Å². The van der Waals surface area contributed by atoms with Gasteiger partial charge in [0.1, 0.15) is 0 Å². The zero-order valence-electron chi connectivity index (χ0n) is 10.2. The van der Waals surface area contributed by atoms with Gasteiger partial charge in [0.25, 0.3) is 0 Å². The number of halogens is 1. The van der Waals surface area contributed by atoms with Gasteiger partial charge in [-0.3, -0.25) is 4.68 Å². The maximum atomic E-state index is 6.02. The highest BCUT2D eigenvalue weighted by atomic mass is 35.5. The normalized spacial score (nSPS) is 12.7. The molecule has 2 rings (SSSR count). The summed E-state index contributed by atoms with van der Waals surface area (Å²) in [5.74, 6) is 0. The van der Waals surface area contributed by atoms with Gasteiger partial charge >= 0.3 is 0 Å². The lowest BCUT2D eigenvalue weighted by atomic mass is 10.0. The summed E-state index contributed by atoms with van der Waals surface area (Å²) < 4.78 is 1.88. The molecule has 0 saturated carbocycles. The molecule has 0 aliphatic heterocycles.